The van der Waals surface area contributed by atoms with E-state index in [0.717, 1.165) is 32.3 Å². The molecule has 0 bridgehead atoms. The summed E-state index contributed by atoms with van der Waals surface area (Å²) in [6.45, 7) is 2.03. The quantitative estimate of drug-likeness (QED) is 0.836. The van der Waals surface area contributed by atoms with Gasteiger partial charge in [-0.25, -0.2) is 4.98 Å². The van der Waals surface area contributed by atoms with Crippen LogP contribution >= 0.6 is 0 Å². The van der Waals surface area contributed by atoms with Gasteiger partial charge in [0.25, 0.3) is 11.5 Å². The van der Waals surface area contributed by atoms with Crippen molar-refractivity contribution < 1.29 is 9.53 Å². The fourth-order valence-electron chi connectivity index (χ4n) is 3.61. The van der Waals surface area contributed by atoms with Crippen LogP contribution in [-0.4, -0.2) is 46.0 Å². The van der Waals surface area contributed by atoms with Crippen LogP contribution in [0.5, 0.6) is 0 Å². The number of carbonyl (C=O) groups is 1. The largest absolute Gasteiger partial charge is 0.376 e. The maximum Gasteiger partial charge on any atom is 0.270 e. The van der Waals surface area contributed by atoms with Gasteiger partial charge in [0.1, 0.15) is 11.2 Å². The zero-order valence-electron chi connectivity index (χ0n) is 14.3. The molecule has 1 aliphatic heterocycles. The van der Waals surface area contributed by atoms with Gasteiger partial charge in [-0.1, -0.05) is 12.5 Å². The van der Waals surface area contributed by atoms with Crippen LogP contribution in [0.1, 0.15) is 42.5 Å². The molecule has 0 aromatic carbocycles. The summed E-state index contributed by atoms with van der Waals surface area (Å²) in [4.78, 5) is 31.9. The van der Waals surface area contributed by atoms with Crippen LogP contribution in [-0.2, 0) is 4.74 Å². The Morgan fingerprint density at radius 2 is 2.12 bits per heavy atom. The van der Waals surface area contributed by atoms with Crippen LogP contribution in [0.25, 0.3) is 5.65 Å². The van der Waals surface area contributed by atoms with Gasteiger partial charge < -0.3 is 9.64 Å². The molecule has 0 spiro atoms. The molecule has 2 fully saturated rings. The van der Waals surface area contributed by atoms with E-state index >= 15 is 0 Å². The van der Waals surface area contributed by atoms with Gasteiger partial charge in [-0.15, -0.1) is 0 Å². The molecule has 2 aromatic heterocycles. The van der Waals surface area contributed by atoms with Gasteiger partial charge in [0.15, 0.2) is 0 Å². The van der Waals surface area contributed by atoms with Crippen molar-refractivity contribution in [3.05, 3.63) is 46.5 Å². The average molecular weight is 341 g/mol. The molecule has 1 unspecified atom stereocenters. The predicted molar refractivity (Wildman–Crippen MR) is 93.7 cm³/mol. The molecule has 2 aliphatic rings. The summed E-state index contributed by atoms with van der Waals surface area (Å²) in [5, 5.41) is 0. The van der Waals surface area contributed by atoms with Crippen molar-refractivity contribution in [3.63, 3.8) is 0 Å². The maximum absolute atomic E-state index is 13.1. The third-order valence-electron chi connectivity index (χ3n) is 5.28. The minimum absolute atomic E-state index is 0.0835. The Balaban J connectivity index is 1.62. The van der Waals surface area contributed by atoms with E-state index in [1.54, 1.807) is 18.3 Å². The van der Waals surface area contributed by atoms with Crippen LogP contribution < -0.4 is 5.56 Å². The Morgan fingerprint density at radius 3 is 2.84 bits per heavy atom. The van der Waals surface area contributed by atoms with Crippen LogP contribution in [0, 0.1) is 5.92 Å². The van der Waals surface area contributed by atoms with Crippen molar-refractivity contribution in [1.29, 1.82) is 0 Å². The molecule has 1 saturated heterocycles. The first kappa shape index (κ1) is 16.3. The Bertz CT molecular complexity index is 822. The van der Waals surface area contributed by atoms with Gasteiger partial charge in [-0.3, -0.25) is 14.0 Å². The monoisotopic (exact) mass is 341 g/mol. The van der Waals surface area contributed by atoms with Crippen LogP contribution in [0.15, 0.2) is 35.4 Å². The molecule has 6 heteroatoms. The average Bonchev–Trinajstić information content (AvgIpc) is 3.10. The van der Waals surface area contributed by atoms with Gasteiger partial charge >= 0.3 is 0 Å². The van der Waals surface area contributed by atoms with Gasteiger partial charge in [-0.2, -0.15) is 0 Å². The van der Waals surface area contributed by atoms with Crippen LogP contribution in [0.4, 0.5) is 0 Å². The molecule has 25 heavy (non-hydrogen) atoms. The van der Waals surface area contributed by atoms with E-state index in [1.165, 1.54) is 17.0 Å². The molecule has 3 heterocycles. The highest BCUT2D eigenvalue weighted by Gasteiger charge is 2.29. The Hall–Kier alpha value is -2.21. The fraction of sp³-hybridized carbons (Fsp3) is 0.526. The molecule has 2 aromatic rings. The lowest BCUT2D eigenvalue weighted by atomic mass is 9.85. The summed E-state index contributed by atoms with van der Waals surface area (Å²) in [6, 6.07) is 5.35. The van der Waals surface area contributed by atoms with E-state index in [2.05, 4.69) is 4.98 Å². The lowest BCUT2D eigenvalue weighted by molar-refractivity contribution is 0.0446. The molecular formula is C19H23N3O3. The van der Waals surface area contributed by atoms with E-state index in [-0.39, 0.29) is 23.1 Å². The topological polar surface area (TPSA) is 63.9 Å². The second kappa shape index (κ2) is 6.96. The molecule has 1 atom stereocenters. The minimum Gasteiger partial charge on any atom is -0.376 e. The Labute approximate surface area is 146 Å². The fourth-order valence-corrected chi connectivity index (χ4v) is 3.61. The number of hydrogen-bond acceptors (Lipinski definition) is 4. The highest BCUT2D eigenvalue weighted by atomic mass is 16.5. The number of amides is 1. The molecule has 0 N–H and O–H groups in total. The molecule has 1 amide bonds. The number of rotatable bonds is 5. The second-order valence-electron chi connectivity index (χ2n) is 7.05. The Kier molecular flexibility index (Phi) is 4.53. The van der Waals surface area contributed by atoms with Crippen molar-refractivity contribution in [3.8, 4) is 0 Å². The summed E-state index contributed by atoms with van der Waals surface area (Å²) >= 11 is 0. The van der Waals surface area contributed by atoms with Crippen LogP contribution in [0.2, 0.25) is 0 Å². The van der Waals surface area contributed by atoms with Crippen molar-refractivity contribution in [1.82, 2.24) is 14.3 Å². The van der Waals surface area contributed by atoms with E-state index in [0.29, 0.717) is 24.7 Å². The lowest BCUT2D eigenvalue weighted by Gasteiger charge is -2.33. The first-order valence-electron chi connectivity index (χ1n) is 9.09. The molecule has 0 radical (unpaired) electrons. The van der Waals surface area contributed by atoms with E-state index in [4.69, 9.17) is 4.74 Å². The number of ether oxygens (including phenoxy) is 1. The molecular weight excluding hydrogens is 318 g/mol. The van der Waals surface area contributed by atoms with Crippen molar-refractivity contribution >= 4 is 11.6 Å². The zero-order chi connectivity index (χ0) is 17.2. The number of fused-ring (bicyclic) bond motifs is 1. The molecule has 6 nitrogen and oxygen atoms in total. The minimum atomic E-state index is -0.304. The van der Waals surface area contributed by atoms with E-state index in [1.807, 2.05) is 11.0 Å². The predicted octanol–water partition coefficient (Wildman–Crippen LogP) is 2.12. The second-order valence-corrected chi connectivity index (χ2v) is 7.05. The highest BCUT2D eigenvalue weighted by molar-refractivity contribution is 5.93. The third kappa shape index (κ3) is 3.31. The van der Waals surface area contributed by atoms with Crippen molar-refractivity contribution in [2.75, 3.05) is 19.7 Å². The maximum atomic E-state index is 13.1. The SMILES string of the molecule is O=C(c1cnc2ccccn2c1=O)N(CC1CCC1)CC1CCCO1. The van der Waals surface area contributed by atoms with Crippen LogP contribution in [0.3, 0.4) is 0 Å². The van der Waals surface area contributed by atoms with Gasteiger partial charge in [-0.05, 0) is 43.7 Å². The first-order chi connectivity index (χ1) is 12.2. The summed E-state index contributed by atoms with van der Waals surface area (Å²) in [5.41, 5.74) is 0.385. The number of pyridine rings is 1. The smallest absolute Gasteiger partial charge is 0.270 e. The third-order valence-corrected chi connectivity index (χ3v) is 5.28. The number of aromatic nitrogens is 2. The van der Waals surface area contributed by atoms with Gasteiger partial charge in [0.2, 0.25) is 0 Å². The van der Waals surface area contributed by atoms with Crippen molar-refractivity contribution in [2.24, 2.45) is 5.92 Å². The van der Waals surface area contributed by atoms with E-state index < -0.39 is 0 Å². The number of nitrogens with zero attached hydrogens (tertiary/aromatic N) is 3. The molecule has 1 saturated carbocycles. The summed E-state index contributed by atoms with van der Waals surface area (Å²) in [7, 11) is 0. The van der Waals surface area contributed by atoms with Gasteiger partial charge in [0, 0.05) is 32.1 Å². The first-order valence-corrected chi connectivity index (χ1v) is 9.09. The normalized spacial score (nSPS) is 20.6. The molecule has 132 valence electrons. The Morgan fingerprint density at radius 1 is 1.24 bits per heavy atom. The van der Waals surface area contributed by atoms with Crippen molar-refractivity contribution in [2.45, 2.75) is 38.2 Å². The molecule has 4 rings (SSSR count). The lowest BCUT2D eigenvalue weighted by Crippen LogP contribution is -2.43. The number of hydrogen-bond donors (Lipinski definition) is 0. The zero-order valence-corrected chi connectivity index (χ0v) is 14.3. The summed E-state index contributed by atoms with van der Waals surface area (Å²) in [5.74, 6) is 0.319. The summed E-state index contributed by atoms with van der Waals surface area (Å²) in [6.07, 6.45) is 8.71. The number of carbonyl (C=O) groups excluding carboxylic acids is 1. The van der Waals surface area contributed by atoms with Gasteiger partial charge in [0.05, 0.1) is 6.10 Å². The highest BCUT2D eigenvalue weighted by Crippen LogP contribution is 2.28. The standard InChI is InChI=1S/C19H23N3O3/c23-18(16-11-20-17-8-1-2-9-22(17)19(16)24)21(12-14-5-3-6-14)13-15-7-4-10-25-15/h1-2,8-9,11,14-15H,3-7,10,12-13H2. The summed E-state index contributed by atoms with van der Waals surface area (Å²) < 4.78 is 7.14. The molecule has 1 aliphatic carbocycles. The van der Waals surface area contributed by atoms with E-state index in [9.17, 15) is 9.59 Å².